The molecule has 0 spiro atoms. The van der Waals surface area contributed by atoms with Gasteiger partial charge in [-0.25, -0.2) is 0 Å². The molecule has 0 N–H and O–H groups in total. The van der Waals surface area contributed by atoms with Crippen molar-refractivity contribution in [3.8, 4) is 0 Å². The van der Waals surface area contributed by atoms with Crippen molar-refractivity contribution < 1.29 is 17.7 Å². The fraction of sp³-hybridized carbons (Fsp3) is 0.200. The van der Waals surface area contributed by atoms with Gasteiger partial charge in [0.15, 0.2) is 10.8 Å². The molecule has 5 heteroatoms. The van der Waals surface area contributed by atoms with Gasteiger partial charge in [-0.3, -0.25) is 0 Å². The number of rotatable bonds is 4. The van der Waals surface area contributed by atoms with E-state index in [4.69, 9.17) is 17.7 Å². The molecular formula is C10H12O4Si. The van der Waals surface area contributed by atoms with E-state index in [-0.39, 0.29) is 0 Å². The SMILES string of the molecule is CO[Si](OC)(c1ccco1)c1ccco1. The molecule has 15 heavy (non-hydrogen) atoms. The first-order valence-electron chi connectivity index (χ1n) is 4.52. The molecule has 2 heterocycles. The van der Waals surface area contributed by atoms with Crippen LogP contribution in [0, 0.1) is 0 Å². The van der Waals surface area contributed by atoms with Crippen molar-refractivity contribution in [3.63, 3.8) is 0 Å². The maximum atomic E-state index is 5.51. The predicted octanol–water partition coefficient (Wildman–Crippen LogP) is 0.722. The van der Waals surface area contributed by atoms with Gasteiger partial charge in [0.1, 0.15) is 0 Å². The Labute approximate surface area is 88.7 Å². The Bertz CT molecular complexity index is 353. The summed E-state index contributed by atoms with van der Waals surface area (Å²) >= 11 is 0. The van der Waals surface area contributed by atoms with Crippen LogP contribution in [0.5, 0.6) is 0 Å². The standard InChI is InChI=1S/C10H12O4Si/c1-11-15(12-2,9-5-3-7-13-9)10-6-4-8-14-10/h3-8H,1-2H3. The molecule has 0 aliphatic rings. The minimum absolute atomic E-state index is 0.683. The third-order valence-electron chi connectivity index (χ3n) is 2.27. The highest BCUT2D eigenvalue weighted by atomic mass is 28.4. The Hall–Kier alpha value is -1.30. The van der Waals surface area contributed by atoms with Crippen LogP contribution in [0.15, 0.2) is 45.6 Å². The number of hydrogen-bond acceptors (Lipinski definition) is 4. The van der Waals surface area contributed by atoms with E-state index in [0.29, 0.717) is 10.8 Å². The van der Waals surface area contributed by atoms with Crippen LogP contribution in [-0.2, 0) is 8.85 Å². The molecule has 0 radical (unpaired) electrons. The second-order valence-electron chi connectivity index (χ2n) is 2.98. The lowest BCUT2D eigenvalue weighted by Crippen LogP contribution is -2.61. The maximum Gasteiger partial charge on any atom is 0.479 e. The Morgan fingerprint density at radius 3 is 1.67 bits per heavy atom. The molecule has 0 aliphatic heterocycles. The first kappa shape index (κ1) is 10.2. The maximum absolute atomic E-state index is 5.51. The average Bonchev–Trinajstić information content (AvgIpc) is 2.92. The summed E-state index contributed by atoms with van der Waals surface area (Å²) in [7, 11) is 0.471. The van der Waals surface area contributed by atoms with E-state index in [1.54, 1.807) is 38.9 Å². The van der Waals surface area contributed by atoms with Gasteiger partial charge in [0.2, 0.25) is 0 Å². The van der Waals surface area contributed by atoms with E-state index >= 15 is 0 Å². The molecule has 0 atom stereocenters. The van der Waals surface area contributed by atoms with Crippen molar-refractivity contribution in [1.29, 1.82) is 0 Å². The van der Waals surface area contributed by atoms with E-state index < -0.39 is 8.56 Å². The zero-order valence-corrected chi connectivity index (χ0v) is 9.60. The molecule has 0 fully saturated rings. The van der Waals surface area contributed by atoms with Gasteiger partial charge in [-0.05, 0) is 24.3 Å². The normalized spacial score (nSPS) is 11.9. The molecule has 4 nitrogen and oxygen atoms in total. The molecule has 2 aromatic heterocycles. The van der Waals surface area contributed by atoms with Gasteiger partial charge in [-0.15, -0.1) is 0 Å². The summed E-state index contributed by atoms with van der Waals surface area (Å²) in [5.41, 5.74) is 0. The van der Waals surface area contributed by atoms with Gasteiger partial charge >= 0.3 is 8.56 Å². The van der Waals surface area contributed by atoms with E-state index in [1.165, 1.54) is 0 Å². The van der Waals surface area contributed by atoms with Crippen molar-refractivity contribution in [1.82, 2.24) is 0 Å². The number of furan rings is 2. The van der Waals surface area contributed by atoms with Gasteiger partial charge < -0.3 is 17.7 Å². The summed E-state index contributed by atoms with van der Waals surface area (Å²) < 4.78 is 21.7. The lowest BCUT2D eigenvalue weighted by molar-refractivity contribution is 0.258. The molecule has 0 amide bonds. The molecule has 0 saturated carbocycles. The highest BCUT2D eigenvalue weighted by Crippen LogP contribution is 2.07. The summed E-state index contributed by atoms with van der Waals surface area (Å²) in [6.45, 7) is 0. The second kappa shape index (κ2) is 4.06. The highest BCUT2D eigenvalue weighted by Gasteiger charge is 2.47. The van der Waals surface area contributed by atoms with Crippen molar-refractivity contribution in [2.24, 2.45) is 0 Å². The van der Waals surface area contributed by atoms with Gasteiger partial charge in [-0.1, -0.05) is 0 Å². The molecule has 0 bridgehead atoms. The fourth-order valence-electron chi connectivity index (χ4n) is 1.54. The van der Waals surface area contributed by atoms with Gasteiger partial charge in [0.25, 0.3) is 0 Å². The first-order chi connectivity index (χ1) is 7.33. The Morgan fingerprint density at radius 1 is 0.933 bits per heavy atom. The van der Waals surface area contributed by atoms with Crippen LogP contribution < -0.4 is 10.8 Å². The van der Waals surface area contributed by atoms with Crippen molar-refractivity contribution in [2.75, 3.05) is 14.2 Å². The zero-order valence-electron chi connectivity index (χ0n) is 8.60. The van der Waals surface area contributed by atoms with E-state index in [2.05, 4.69) is 0 Å². The van der Waals surface area contributed by atoms with Gasteiger partial charge in [0, 0.05) is 14.2 Å². The summed E-state index contributed by atoms with van der Waals surface area (Å²) in [6.07, 6.45) is 3.19. The highest BCUT2D eigenvalue weighted by molar-refractivity contribution is 6.90. The van der Waals surface area contributed by atoms with E-state index in [0.717, 1.165) is 0 Å². The molecule has 0 saturated heterocycles. The molecule has 2 rings (SSSR count). The average molecular weight is 224 g/mol. The quantitative estimate of drug-likeness (QED) is 0.718. The summed E-state index contributed by atoms with van der Waals surface area (Å²) in [4.78, 5) is 0. The Balaban J connectivity index is 2.50. The molecule has 0 aromatic carbocycles. The lowest BCUT2D eigenvalue weighted by Gasteiger charge is -2.22. The topological polar surface area (TPSA) is 44.7 Å². The van der Waals surface area contributed by atoms with Gasteiger partial charge in [-0.2, -0.15) is 0 Å². The Kier molecular flexibility index (Phi) is 2.76. The Morgan fingerprint density at radius 2 is 1.40 bits per heavy atom. The van der Waals surface area contributed by atoms with Crippen LogP contribution >= 0.6 is 0 Å². The third-order valence-corrected chi connectivity index (χ3v) is 5.28. The summed E-state index contributed by atoms with van der Waals surface area (Å²) in [5, 5.41) is 1.37. The molecule has 2 aromatic rings. The first-order valence-corrected chi connectivity index (χ1v) is 6.33. The minimum atomic E-state index is -2.72. The van der Waals surface area contributed by atoms with Crippen molar-refractivity contribution >= 4 is 19.3 Å². The van der Waals surface area contributed by atoms with Crippen LogP contribution in [0.25, 0.3) is 0 Å². The van der Waals surface area contributed by atoms with E-state index in [1.807, 2.05) is 12.1 Å². The molecular weight excluding hydrogens is 212 g/mol. The fourth-order valence-corrected chi connectivity index (χ4v) is 3.83. The number of hydrogen-bond donors (Lipinski definition) is 0. The molecule has 80 valence electrons. The predicted molar refractivity (Wildman–Crippen MR) is 56.5 cm³/mol. The van der Waals surface area contributed by atoms with Crippen molar-refractivity contribution in [2.45, 2.75) is 0 Å². The summed E-state index contributed by atoms with van der Waals surface area (Å²) in [6, 6.07) is 7.28. The van der Waals surface area contributed by atoms with Crippen LogP contribution in [0.3, 0.4) is 0 Å². The molecule has 0 aliphatic carbocycles. The van der Waals surface area contributed by atoms with Crippen LogP contribution in [-0.4, -0.2) is 22.8 Å². The lowest BCUT2D eigenvalue weighted by atomic mass is 10.7. The molecule has 0 unspecified atom stereocenters. The van der Waals surface area contributed by atoms with Crippen LogP contribution in [0.2, 0.25) is 0 Å². The monoisotopic (exact) mass is 224 g/mol. The van der Waals surface area contributed by atoms with Crippen LogP contribution in [0.4, 0.5) is 0 Å². The zero-order chi connectivity index (χ0) is 10.7. The smallest absolute Gasteiger partial charge is 0.468 e. The summed E-state index contributed by atoms with van der Waals surface area (Å²) in [5.74, 6) is 0. The third kappa shape index (κ3) is 1.54. The van der Waals surface area contributed by atoms with Gasteiger partial charge in [0.05, 0.1) is 12.5 Å². The van der Waals surface area contributed by atoms with E-state index in [9.17, 15) is 0 Å². The minimum Gasteiger partial charge on any atom is -0.468 e. The largest absolute Gasteiger partial charge is 0.479 e. The van der Waals surface area contributed by atoms with Crippen LogP contribution in [0.1, 0.15) is 0 Å². The second-order valence-corrected chi connectivity index (χ2v) is 6.01. The van der Waals surface area contributed by atoms with Crippen molar-refractivity contribution in [3.05, 3.63) is 36.8 Å².